The Morgan fingerprint density at radius 3 is 1.72 bits per heavy atom. The van der Waals surface area contributed by atoms with Crippen molar-refractivity contribution in [3.63, 3.8) is 0 Å². The minimum Gasteiger partial charge on any atom is -0.450 e. The van der Waals surface area contributed by atoms with Crippen LogP contribution in [0.25, 0.3) is 0 Å². The summed E-state index contributed by atoms with van der Waals surface area (Å²) in [6, 6.07) is 0. The second-order valence-corrected chi connectivity index (χ2v) is 3.98. The van der Waals surface area contributed by atoms with E-state index in [1.165, 1.54) is 7.11 Å². The molecule has 0 saturated heterocycles. The van der Waals surface area contributed by atoms with Gasteiger partial charge in [-0.3, -0.25) is 0 Å². The fourth-order valence-corrected chi connectivity index (χ4v) is 0.937. The molecule has 3 heteroatoms. The number of ether oxygens (including phenoxy) is 2. The minimum absolute atomic E-state index is 0.417. The summed E-state index contributed by atoms with van der Waals surface area (Å²) in [7, 11) is 3.01. The lowest BCUT2D eigenvalue weighted by atomic mass is 9.95. The van der Waals surface area contributed by atoms with Crippen molar-refractivity contribution in [2.75, 3.05) is 20.8 Å². The van der Waals surface area contributed by atoms with E-state index in [-0.39, 0.29) is 0 Å². The molecule has 0 bridgehead atoms. The minimum atomic E-state index is -0.909. The van der Waals surface area contributed by atoms with Gasteiger partial charge in [0.2, 0.25) is 0 Å². The van der Waals surface area contributed by atoms with Gasteiger partial charge >= 0.3 is 0 Å². The van der Waals surface area contributed by atoms with Crippen molar-refractivity contribution in [1.29, 1.82) is 0 Å². The van der Waals surface area contributed by atoms with Crippen molar-refractivity contribution in [3.8, 4) is 37.2 Å². The molecule has 0 fully saturated rings. The summed E-state index contributed by atoms with van der Waals surface area (Å²) in [6.07, 6.45) is 17.0. The molecule has 0 spiro atoms. The molecule has 0 radical (unpaired) electrons. The van der Waals surface area contributed by atoms with E-state index < -0.39 is 5.60 Å². The number of hydrogen-bond donors (Lipinski definition) is 1. The Labute approximate surface area is 112 Å². The van der Waals surface area contributed by atoms with Crippen LogP contribution in [-0.2, 0) is 9.47 Å². The second-order valence-electron chi connectivity index (χ2n) is 3.98. The molecule has 0 aromatic heterocycles. The van der Waals surface area contributed by atoms with Crippen LogP contribution in [0.3, 0.4) is 0 Å². The quantitative estimate of drug-likeness (QED) is 0.780. The van der Waals surface area contributed by atoms with E-state index in [0.717, 1.165) is 0 Å². The number of hydrogen-bond acceptors (Lipinski definition) is 3. The van der Waals surface area contributed by atoms with Crippen LogP contribution in [0.5, 0.6) is 0 Å². The van der Waals surface area contributed by atoms with Crippen molar-refractivity contribution in [2.24, 2.45) is 5.92 Å². The summed E-state index contributed by atoms with van der Waals surface area (Å²) in [4.78, 5) is 0. The number of terminal acetylenes is 3. The lowest BCUT2D eigenvalue weighted by Gasteiger charge is -2.17. The van der Waals surface area contributed by atoms with Gasteiger partial charge in [0.25, 0.3) is 0 Å². The molecule has 1 atom stereocenters. The van der Waals surface area contributed by atoms with Crippen LogP contribution in [0.4, 0.5) is 0 Å². The van der Waals surface area contributed by atoms with Crippen molar-refractivity contribution in [1.82, 2.24) is 0 Å². The molecule has 0 aliphatic heterocycles. The second kappa shape index (κ2) is 15.4. The average Bonchev–Trinajstić information content (AvgIpc) is 2.30. The Hall–Kier alpha value is -1.60. The molecular formula is C15H24O3. The van der Waals surface area contributed by atoms with E-state index in [1.54, 1.807) is 14.0 Å². The van der Waals surface area contributed by atoms with Crippen LogP contribution < -0.4 is 0 Å². The van der Waals surface area contributed by atoms with E-state index in [4.69, 9.17) is 12.8 Å². The van der Waals surface area contributed by atoms with E-state index in [0.29, 0.717) is 18.9 Å². The first-order valence-electron chi connectivity index (χ1n) is 5.42. The third kappa shape index (κ3) is 29.3. The average molecular weight is 252 g/mol. The third-order valence-electron chi connectivity index (χ3n) is 1.46. The normalized spacial score (nSPS) is 11.1. The predicted octanol–water partition coefficient (Wildman–Crippen LogP) is 1.91. The number of methoxy groups -OCH3 is 2. The molecule has 0 rings (SSSR count). The molecule has 0 aromatic rings. The zero-order valence-electron chi connectivity index (χ0n) is 12.0. The molecule has 102 valence electrons. The van der Waals surface area contributed by atoms with Crippen molar-refractivity contribution < 1.29 is 14.6 Å². The van der Waals surface area contributed by atoms with Crippen LogP contribution in [0.1, 0.15) is 27.2 Å². The van der Waals surface area contributed by atoms with Crippen molar-refractivity contribution in [2.45, 2.75) is 32.8 Å². The zero-order chi connectivity index (χ0) is 15.0. The van der Waals surface area contributed by atoms with Gasteiger partial charge in [-0.05, 0) is 19.3 Å². The standard InChI is InChI=1S/C8H14O.C4H6O.C3H4O/c1-5-8(4,9)6-7(2)3;1-3-4-5-2;1-3-4-2/h1,7,9H,6H2,2-4H3;1H,4H2,2H3;1H,2H3. The van der Waals surface area contributed by atoms with Gasteiger partial charge in [0, 0.05) is 7.11 Å². The molecule has 0 aliphatic carbocycles. The summed E-state index contributed by atoms with van der Waals surface area (Å²) in [6.45, 7) is 6.14. The van der Waals surface area contributed by atoms with Crippen LogP contribution in [0.15, 0.2) is 0 Å². The van der Waals surface area contributed by atoms with Crippen molar-refractivity contribution in [3.05, 3.63) is 0 Å². The topological polar surface area (TPSA) is 38.7 Å². The van der Waals surface area contributed by atoms with Gasteiger partial charge in [0.1, 0.15) is 18.3 Å². The molecule has 0 heterocycles. The van der Waals surface area contributed by atoms with E-state index >= 15 is 0 Å². The summed E-state index contributed by atoms with van der Waals surface area (Å²) < 4.78 is 8.52. The maximum Gasteiger partial charge on any atom is 0.122 e. The third-order valence-corrected chi connectivity index (χ3v) is 1.46. The molecule has 0 aromatic carbocycles. The van der Waals surface area contributed by atoms with Gasteiger partial charge in [-0.15, -0.1) is 12.8 Å². The first-order valence-corrected chi connectivity index (χ1v) is 5.42. The zero-order valence-corrected chi connectivity index (χ0v) is 12.0. The van der Waals surface area contributed by atoms with Gasteiger partial charge in [0.05, 0.1) is 7.11 Å². The summed E-state index contributed by atoms with van der Waals surface area (Å²) >= 11 is 0. The summed E-state index contributed by atoms with van der Waals surface area (Å²) in [5.41, 5.74) is -0.909. The molecule has 1 N–H and O–H groups in total. The van der Waals surface area contributed by atoms with Gasteiger partial charge in [-0.25, -0.2) is 0 Å². The lowest BCUT2D eigenvalue weighted by molar-refractivity contribution is 0.0978. The van der Waals surface area contributed by atoms with Crippen LogP contribution in [-0.4, -0.2) is 31.5 Å². The fraction of sp³-hybridized carbons (Fsp3) is 0.600. The molecule has 0 saturated carbocycles. The Morgan fingerprint density at radius 1 is 1.22 bits per heavy atom. The van der Waals surface area contributed by atoms with Crippen LogP contribution >= 0.6 is 0 Å². The molecule has 1 unspecified atom stereocenters. The molecule has 0 aliphatic rings. The first-order chi connectivity index (χ1) is 8.31. The highest BCUT2D eigenvalue weighted by atomic mass is 16.5. The highest BCUT2D eigenvalue weighted by molar-refractivity contribution is 5.04. The maximum absolute atomic E-state index is 9.26. The van der Waals surface area contributed by atoms with Gasteiger partial charge in [-0.1, -0.05) is 32.1 Å². The summed E-state index contributed by atoms with van der Waals surface area (Å²) in [5.74, 6) is 5.08. The smallest absolute Gasteiger partial charge is 0.122 e. The first kappa shape index (κ1) is 21.7. The largest absolute Gasteiger partial charge is 0.450 e. The predicted molar refractivity (Wildman–Crippen MR) is 75.5 cm³/mol. The highest BCUT2D eigenvalue weighted by Crippen LogP contribution is 2.13. The molecule has 18 heavy (non-hydrogen) atoms. The fourth-order valence-electron chi connectivity index (χ4n) is 0.937. The summed E-state index contributed by atoms with van der Waals surface area (Å²) in [5, 5.41) is 9.26. The van der Waals surface area contributed by atoms with Crippen LogP contribution in [0, 0.1) is 43.1 Å². The van der Waals surface area contributed by atoms with E-state index in [9.17, 15) is 5.11 Å². The Balaban J connectivity index is -0.000000212. The molecule has 0 amide bonds. The van der Waals surface area contributed by atoms with E-state index in [1.807, 2.05) is 20.0 Å². The van der Waals surface area contributed by atoms with E-state index in [2.05, 4.69) is 27.7 Å². The monoisotopic (exact) mass is 252 g/mol. The highest BCUT2D eigenvalue weighted by Gasteiger charge is 2.17. The number of rotatable bonds is 3. The molecule has 3 nitrogen and oxygen atoms in total. The maximum atomic E-state index is 9.26. The number of aliphatic hydroxyl groups is 1. The van der Waals surface area contributed by atoms with Gasteiger partial charge in [-0.2, -0.15) is 0 Å². The lowest BCUT2D eigenvalue weighted by Crippen LogP contribution is -2.23. The van der Waals surface area contributed by atoms with Gasteiger partial charge < -0.3 is 14.6 Å². The SMILES string of the molecule is C#CC(C)(O)CC(C)C.C#CCOC.C#COC. The Bertz CT molecular complexity index is 284. The Kier molecular flexibility index (Phi) is 18.5. The Morgan fingerprint density at radius 2 is 1.67 bits per heavy atom. The van der Waals surface area contributed by atoms with Crippen LogP contribution in [0.2, 0.25) is 0 Å². The van der Waals surface area contributed by atoms with Gasteiger partial charge in [0.15, 0.2) is 0 Å². The molecular weight excluding hydrogens is 228 g/mol. The van der Waals surface area contributed by atoms with Crippen molar-refractivity contribution >= 4 is 0 Å².